The third kappa shape index (κ3) is 5.29. The summed E-state index contributed by atoms with van der Waals surface area (Å²) in [5, 5.41) is 22.0. The van der Waals surface area contributed by atoms with Gasteiger partial charge >= 0.3 is 0 Å². The summed E-state index contributed by atoms with van der Waals surface area (Å²) in [7, 11) is 0. The lowest BCUT2D eigenvalue weighted by molar-refractivity contribution is 0.102. The molecule has 0 saturated carbocycles. The molecule has 1 aromatic rings. The molecule has 104 valence electrons. The highest BCUT2D eigenvalue weighted by molar-refractivity contribution is 5.42. The monoisotopic (exact) mass is 262 g/mol. The lowest BCUT2D eigenvalue weighted by Gasteiger charge is -2.20. The van der Waals surface area contributed by atoms with Crippen molar-refractivity contribution in [3.8, 4) is 11.8 Å². The molecule has 0 aliphatic rings. The average Bonchev–Trinajstić information content (AvgIpc) is 2.42. The molecule has 19 heavy (non-hydrogen) atoms. The van der Waals surface area contributed by atoms with Crippen molar-refractivity contribution in [3.05, 3.63) is 29.8 Å². The summed E-state index contributed by atoms with van der Waals surface area (Å²) < 4.78 is 5.47. The number of nitrogens with one attached hydrogen (secondary N) is 1. The number of rotatable bonds is 7. The van der Waals surface area contributed by atoms with Crippen molar-refractivity contribution in [2.24, 2.45) is 5.92 Å². The van der Waals surface area contributed by atoms with Crippen LogP contribution in [-0.4, -0.2) is 30.4 Å². The van der Waals surface area contributed by atoms with Gasteiger partial charge in [-0.15, -0.1) is 0 Å². The first-order valence-electron chi connectivity index (χ1n) is 6.58. The van der Waals surface area contributed by atoms with Crippen LogP contribution in [0.25, 0.3) is 0 Å². The highest BCUT2D eigenvalue weighted by atomic mass is 16.5. The molecule has 2 atom stereocenters. The van der Waals surface area contributed by atoms with Gasteiger partial charge in [0.25, 0.3) is 0 Å². The average molecular weight is 262 g/mol. The largest absolute Gasteiger partial charge is 0.489 e. The second-order valence-corrected chi connectivity index (χ2v) is 5.01. The first-order valence-corrected chi connectivity index (χ1v) is 6.58. The van der Waals surface area contributed by atoms with Crippen LogP contribution in [0.2, 0.25) is 0 Å². The molecule has 2 unspecified atom stereocenters. The summed E-state index contributed by atoms with van der Waals surface area (Å²) in [5.41, 5.74) is 0.484. The number of hydrogen-bond acceptors (Lipinski definition) is 4. The number of aliphatic hydroxyl groups excluding tert-OH is 1. The molecule has 2 N–H and O–H groups in total. The number of hydrogen-bond donors (Lipinski definition) is 2. The van der Waals surface area contributed by atoms with Gasteiger partial charge in [-0.2, -0.15) is 5.26 Å². The minimum atomic E-state index is -0.590. The van der Waals surface area contributed by atoms with Crippen LogP contribution in [0.15, 0.2) is 24.3 Å². The second kappa shape index (κ2) is 7.78. The predicted octanol–water partition coefficient (Wildman–Crippen LogP) is 1.93. The quantitative estimate of drug-likeness (QED) is 0.788. The predicted molar refractivity (Wildman–Crippen MR) is 75.0 cm³/mol. The molecule has 1 aromatic carbocycles. The highest BCUT2D eigenvalue weighted by Crippen LogP contribution is 2.16. The standard InChI is InChI=1S/C15H22N2O2/c1-11(2)12(3)17-9-14(18)10-19-15-7-5-4-6-13(15)8-16/h4-7,11-12,14,17-18H,9-10H2,1-3H3. The maximum atomic E-state index is 9.83. The summed E-state index contributed by atoms with van der Waals surface area (Å²) in [6.07, 6.45) is -0.590. The molecule has 0 heterocycles. The lowest BCUT2D eigenvalue weighted by Crippen LogP contribution is -2.39. The Morgan fingerprint density at radius 1 is 1.32 bits per heavy atom. The fourth-order valence-electron chi connectivity index (χ4n) is 1.49. The normalized spacial score (nSPS) is 13.9. The molecule has 0 amide bonds. The van der Waals surface area contributed by atoms with Crippen molar-refractivity contribution in [1.29, 1.82) is 5.26 Å². The van der Waals surface area contributed by atoms with E-state index in [1.54, 1.807) is 18.2 Å². The van der Waals surface area contributed by atoms with E-state index in [4.69, 9.17) is 10.00 Å². The zero-order valence-electron chi connectivity index (χ0n) is 11.8. The van der Waals surface area contributed by atoms with E-state index in [1.807, 2.05) is 6.07 Å². The van der Waals surface area contributed by atoms with E-state index >= 15 is 0 Å². The molecule has 4 heteroatoms. The molecule has 4 nitrogen and oxygen atoms in total. The molecule has 1 rings (SSSR count). The van der Waals surface area contributed by atoms with Gasteiger partial charge in [-0.25, -0.2) is 0 Å². The van der Waals surface area contributed by atoms with Gasteiger partial charge in [0, 0.05) is 12.6 Å². The number of para-hydroxylation sites is 1. The molecule has 0 fully saturated rings. The Bertz CT molecular complexity index is 426. The Morgan fingerprint density at radius 2 is 2.00 bits per heavy atom. The van der Waals surface area contributed by atoms with E-state index in [9.17, 15) is 5.11 Å². The molecule has 0 aliphatic heterocycles. The lowest BCUT2D eigenvalue weighted by atomic mass is 10.1. The van der Waals surface area contributed by atoms with Crippen LogP contribution in [0.3, 0.4) is 0 Å². The first kappa shape index (κ1) is 15.5. The van der Waals surface area contributed by atoms with Gasteiger partial charge in [0.2, 0.25) is 0 Å². The van der Waals surface area contributed by atoms with Gasteiger partial charge in [-0.1, -0.05) is 26.0 Å². The smallest absolute Gasteiger partial charge is 0.137 e. The van der Waals surface area contributed by atoms with Gasteiger partial charge in [0.15, 0.2) is 0 Å². The SMILES string of the molecule is CC(C)C(C)NCC(O)COc1ccccc1C#N. The minimum absolute atomic E-state index is 0.177. The van der Waals surface area contributed by atoms with Crippen LogP contribution in [0, 0.1) is 17.2 Å². The third-order valence-corrected chi connectivity index (χ3v) is 3.11. The molecule has 0 saturated heterocycles. The third-order valence-electron chi connectivity index (χ3n) is 3.11. The van der Waals surface area contributed by atoms with E-state index in [1.165, 1.54) is 0 Å². The summed E-state index contributed by atoms with van der Waals surface area (Å²) in [6.45, 7) is 7.00. The van der Waals surface area contributed by atoms with Gasteiger partial charge < -0.3 is 15.2 Å². The van der Waals surface area contributed by atoms with Gasteiger partial charge in [0.1, 0.15) is 24.5 Å². The summed E-state index contributed by atoms with van der Waals surface area (Å²) in [5.74, 6) is 1.04. The number of benzene rings is 1. The van der Waals surface area contributed by atoms with Crippen molar-refractivity contribution in [1.82, 2.24) is 5.32 Å². The number of nitriles is 1. The van der Waals surface area contributed by atoms with Crippen LogP contribution in [-0.2, 0) is 0 Å². The maximum Gasteiger partial charge on any atom is 0.137 e. The van der Waals surface area contributed by atoms with Crippen LogP contribution in [0.1, 0.15) is 26.3 Å². The molecular weight excluding hydrogens is 240 g/mol. The number of ether oxygens (including phenoxy) is 1. The topological polar surface area (TPSA) is 65.3 Å². The Morgan fingerprint density at radius 3 is 2.63 bits per heavy atom. The van der Waals surface area contributed by atoms with E-state index in [-0.39, 0.29) is 6.61 Å². The van der Waals surface area contributed by atoms with Crippen LogP contribution in [0.5, 0.6) is 5.75 Å². The summed E-state index contributed by atoms with van der Waals surface area (Å²) >= 11 is 0. The van der Waals surface area contributed by atoms with E-state index < -0.39 is 6.10 Å². The van der Waals surface area contributed by atoms with Gasteiger partial charge in [0.05, 0.1) is 5.56 Å². The summed E-state index contributed by atoms with van der Waals surface area (Å²) in [4.78, 5) is 0. The molecule has 0 aromatic heterocycles. The first-order chi connectivity index (χ1) is 9.04. The molecule has 0 bridgehead atoms. The fourth-order valence-corrected chi connectivity index (χ4v) is 1.49. The van der Waals surface area contributed by atoms with Crippen LogP contribution >= 0.6 is 0 Å². The van der Waals surface area contributed by atoms with E-state index in [2.05, 4.69) is 32.2 Å². The second-order valence-electron chi connectivity index (χ2n) is 5.01. The fraction of sp³-hybridized carbons (Fsp3) is 0.533. The van der Waals surface area contributed by atoms with Crippen molar-refractivity contribution in [3.63, 3.8) is 0 Å². The van der Waals surface area contributed by atoms with Crippen molar-refractivity contribution < 1.29 is 9.84 Å². The van der Waals surface area contributed by atoms with Gasteiger partial charge in [-0.05, 0) is 25.0 Å². The Balaban J connectivity index is 2.38. The van der Waals surface area contributed by atoms with Crippen molar-refractivity contribution >= 4 is 0 Å². The van der Waals surface area contributed by atoms with E-state index in [0.29, 0.717) is 29.8 Å². The highest BCUT2D eigenvalue weighted by Gasteiger charge is 2.11. The molecular formula is C15H22N2O2. The van der Waals surface area contributed by atoms with Crippen molar-refractivity contribution in [2.75, 3.05) is 13.2 Å². The Labute approximate surface area is 115 Å². The Kier molecular flexibility index (Phi) is 6.34. The van der Waals surface area contributed by atoms with Crippen molar-refractivity contribution in [2.45, 2.75) is 32.9 Å². The Hall–Kier alpha value is -1.57. The summed E-state index contributed by atoms with van der Waals surface area (Å²) in [6, 6.07) is 9.43. The van der Waals surface area contributed by atoms with Gasteiger partial charge in [-0.3, -0.25) is 0 Å². The number of aliphatic hydroxyl groups is 1. The zero-order chi connectivity index (χ0) is 14.3. The molecule has 0 spiro atoms. The zero-order valence-corrected chi connectivity index (χ0v) is 11.8. The van der Waals surface area contributed by atoms with E-state index in [0.717, 1.165) is 0 Å². The number of nitrogens with zero attached hydrogens (tertiary/aromatic N) is 1. The maximum absolute atomic E-state index is 9.83. The molecule has 0 radical (unpaired) electrons. The van der Waals surface area contributed by atoms with Crippen LogP contribution in [0.4, 0.5) is 0 Å². The molecule has 0 aliphatic carbocycles. The minimum Gasteiger partial charge on any atom is -0.489 e. The van der Waals surface area contributed by atoms with Crippen LogP contribution < -0.4 is 10.1 Å².